The first kappa shape index (κ1) is 16.2. The Kier molecular flexibility index (Phi) is 6.03. The van der Waals surface area contributed by atoms with Gasteiger partial charge in [-0.3, -0.25) is 0 Å². The first-order valence-electron chi connectivity index (χ1n) is 5.90. The molecule has 0 bridgehead atoms. The Morgan fingerprint density at radius 1 is 1.47 bits per heavy atom. The minimum absolute atomic E-state index is 0.0167. The van der Waals surface area contributed by atoms with E-state index >= 15 is 0 Å². The molecular weight excluding hydrogens is 293 g/mol. The molecule has 0 radical (unpaired) electrons. The molecule has 1 rings (SSSR count). The summed E-state index contributed by atoms with van der Waals surface area (Å²) < 4.78 is 41.0. The Labute approximate surface area is 117 Å². The Morgan fingerprint density at radius 3 is 2.74 bits per heavy atom. The number of hydrogen-bond donors (Lipinski definition) is 1. The summed E-state index contributed by atoms with van der Waals surface area (Å²) in [6, 6.07) is 4.42. The van der Waals surface area contributed by atoms with Crippen molar-refractivity contribution in [1.29, 1.82) is 0 Å². The summed E-state index contributed by atoms with van der Waals surface area (Å²) in [7, 11) is -3.57. The molecule has 1 aromatic carbocycles. The highest BCUT2D eigenvalue weighted by molar-refractivity contribution is 7.89. The van der Waals surface area contributed by atoms with E-state index in [1.807, 2.05) is 6.92 Å². The quantitative estimate of drug-likeness (QED) is 0.841. The molecule has 4 nitrogen and oxygen atoms in total. The molecule has 7 heteroatoms. The van der Waals surface area contributed by atoms with Gasteiger partial charge in [-0.15, -0.1) is 0 Å². The number of rotatable bonds is 7. The lowest BCUT2D eigenvalue weighted by molar-refractivity contribution is 0.243. The van der Waals surface area contributed by atoms with Crippen LogP contribution in [0.5, 0.6) is 5.75 Å². The van der Waals surface area contributed by atoms with Gasteiger partial charge >= 0.3 is 0 Å². The molecule has 0 aliphatic carbocycles. The number of nitrogens with two attached hydrogens (primary N) is 1. The number of ether oxygens (including phenoxy) is 1. The van der Waals surface area contributed by atoms with Crippen molar-refractivity contribution in [2.24, 2.45) is 11.1 Å². The predicted molar refractivity (Wildman–Crippen MR) is 73.3 cm³/mol. The van der Waals surface area contributed by atoms with E-state index in [2.05, 4.69) is 0 Å². The topological polar surface area (TPSA) is 69.4 Å². The molecule has 0 aromatic heterocycles. The largest absolute Gasteiger partial charge is 0.490 e. The van der Waals surface area contributed by atoms with Crippen LogP contribution >= 0.6 is 11.6 Å². The maximum Gasteiger partial charge on any atom is 0.209 e. The Morgan fingerprint density at radius 2 is 2.16 bits per heavy atom. The molecule has 0 fully saturated rings. The SMILES string of the molecule is CCCC(COc1cccc(Cl)c1F)CS(N)(=O)=O. The van der Waals surface area contributed by atoms with Crippen molar-refractivity contribution >= 4 is 21.6 Å². The molecule has 1 aromatic rings. The van der Waals surface area contributed by atoms with Gasteiger partial charge in [0.25, 0.3) is 0 Å². The van der Waals surface area contributed by atoms with E-state index in [1.54, 1.807) is 6.07 Å². The van der Waals surface area contributed by atoms with Crippen LogP contribution in [0.15, 0.2) is 18.2 Å². The molecule has 0 aliphatic heterocycles. The van der Waals surface area contributed by atoms with Crippen LogP contribution in [0.4, 0.5) is 4.39 Å². The summed E-state index contributed by atoms with van der Waals surface area (Å²) in [6.07, 6.45) is 1.43. The maximum absolute atomic E-state index is 13.6. The summed E-state index contributed by atoms with van der Waals surface area (Å²) in [5.41, 5.74) is 0. The van der Waals surface area contributed by atoms with Crippen LogP contribution in [-0.2, 0) is 10.0 Å². The van der Waals surface area contributed by atoms with Crippen molar-refractivity contribution in [3.05, 3.63) is 29.0 Å². The van der Waals surface area contributed by atoms with Gasteiger partial charge in [-0.25, -0.2) is 17.9 Å². The molecule has 1 atom stereocenters. The number of benzene rings is 1. The van der Waals surface area contributed by atoms with Gasteiger partial charge in [-0.05, 0) is 18.6 Å². The Balaban J connectivity index is 2.68. The van der Waals surface area contributed by atoms with Crippen LogP contribution in [0.2, 0.25) is 5.02 Å². The summed E-state index contributed by atoms with van der Waals surface area (Å²) >= 11 is 5.63. The molecule has 0 spiro atoms. The van der Waals surface area contributed by atoms with E-state index < -0.39 is 15.8 Å². The third kappa shape index (κ3) is 5.76. The lowest BCUT2D eigenvalue weighted by atomic mass is 10.1. The summed E-state index contributed by atoms with van der Waals surface area (Å²) in [4.78, 5) is 0. The Hall–Kier alpha value is -0.850. The van der Waals surface area contributed by atoms with E-state index in [0.29, 0.717) is 6.42 Å². The van der Waals surface area contributed by atoms with E-state index in [1.165, 1.54) is 12.1 Å². The zero-order valence-corrected chi connectivity index (χ0v) is 12.2. The molecule has 0 saturated heterocycles. The highest BCUT2D eigenvalue weighted by Crippen LogP contribution is 2.24. The van der Waals surface area contributed by atoms with Crippen molar-refractivity contribution in [3.8, 4) is 5.75 Å². The standard InChI is InChI=1S/C12H17ClFNO3S/c1-2-4-9(8-19(15,16)17)7-18-11-6-3-5-10(13)12(11)14/h3,5-6,9H,2,4,7-8H2,1H3,(H2,15,16,17). The van der Waals surface area contributed by atoms with Crippen molar-refractivity contribution in [3.63, 3.8) is 0 Å². The fourth-order valence-electron chi connectivity index (χ4n) is 1.75. The molecule has 0 heterocycles. The monoisotopic (exact) mass is 309 g/mol. The predicted octanol–water partition coefficient (Wildman–Crippen LogP) is 2.56. The third-order valence-corrected chi connectivity index (χ3v) is 3.78. The summed E-state index contributed by atoms with van der Waals surface area (Å²) in [5.74, 6) is -1.07. The second kappa shape index (κ2) is 7.07. The minimum Gasteiger partial charge on any atom is -0.490 e. The van der Waals surface area contributed by atoms with Crippen LogP contribution in [0.25, 0.3) is 0 Å². The van der Waals surface area contributed by atoms with Gasteiger partial charge in [0.05, 0.1) is 17.4 Å². The van der Waals surface area contributed by atoms with Crippen LogP contribution in [-0.4, -0.2) is 20.8 Å². The second-order valence-corrected chi connectivity index (χ2v) is 6.41. The van der Waals surface area contributed by atoms with Crippen LogP contribution in [0.1, 0.15) is 19.8 Å². The lowest BCUT2D eigenvalue weighted by Crippen LogP contribution is -2.27. The molecule has 0 amide bonds. The van der Waals surface area contributed by atoms with Gasteiger partial charge in [0.1, 0.15) is 0 Å². The average Bonchev–Trinajstić information content (AvgIpc) is 2.29. The third-order valence-electron chi connectivity index (χ3n) is 2.56. The molecule has 108 valence electrons. The van der Waals surface area contributed by atoms with Gasteiger partial charge in [-0.2, -0.15) is 0 Å². The molecule has 2 N–H and O–H groups in total. The Bertz CT molecular complexity index is 522. The normalized spacial score (nSPS) is 13.3. The van der Waals surface area contributed by atoms with Gasteiger partial charge in [0.2, 0.25) is 10.0 Å². The van der Waals surface area contributed by atoms with Gasteiger partial charge in [-0.1, -0.05) is 31.0 Å². The highest BCUT2D eigenvalue weighted by atomic mass is 35.5. The number of hydrogen-bond acceptors (Lipinski definition) is 3. The van der Waals surface area contributed by atoms with Gasteiger partial charge in [0.15, 0.2) is 11.6 Å². The van der Waals surface area contributed by atoms with Gasteiger partial charge in [0, 0.05) is 5.92 Å². The van der Waals surface area contributed by atoms with E-state index in [9.17, 15) is 12.8 Å². The molecule has 0 saturated carbocycles. The van der Waals surface area contributed by atoms with Crippen molar-refractivity contribution in [2.75, 3.05) is 12.4 Å². The number of primary sulfonamides is 1. The second-order valence-electron chi connectivity index (χ2n) is 4.35. The minimum atomic E-state index is -3.57. The summed E-state index contributed by atoms with van der Waals surface area (Å²) in [5, 5.41) is 4.98. The zero-order valence-electron chi connectivity index (χ0n) is 10.6. The van der Waals surface area contributed by atoms with Gasteiger partial charge < -0.3 is 4.74 Å². The maximum atomic E-state index is 13.6. The van der Waals surface area contributed by atoms with Crippen LogP contribution < -0.4 is 9.88 Å². The fraction of sp³-hybridized carbons (Fsp3) is 0.500. The van der Waals surface area contributed by atoms with E-state index in [4.69, 9.17) is 21.5 Å². The average molecular weight is 310 g/mol. The van der Waals surface area contributed by atoms with Crippen molar-refractivity contribution in [1.82, 2.24) is 0 Å². The molecule has 1 unspecified atom stereocenters. The molecule has 19 heavy (non-hydrogen) atoms. The first-order chi connectivity index (χ1) is 8.83. The zero-order chi connectivity index (χ0) is 14.5. The van der Waals surface area contributed by atoms with Crippen LogP contribution in [0, 0.1) is 11.7 Å². The van der Waals surface area contributed by atoms with E-state index in [0.717, 1.165) is 6.42 Å². The molecular formula is C12H17ClFNO3S. The van der Waals surface area contributed by atoms with Crippen molar-refractivity contribution in [2.45, 2.75) is 19.8 Å². The number of sulfonamides is 1. The smallest absolute Gasteiger partial charge is 0.209 e. The van der Waals surface area contributed by atoms with E-state index in [-0.39, 0.29) is 29.0 Å². The van der Waals surface area contributed by atoms with Crippen molar-refractivity contribution < 1.29 is 17.5 Å². The first-order valence-corrected chi connectivity index (χ1v) is 8.00. The summed E-state index contributed by atoms with van der Waals surface area (Å²) in [6.45, 7) is 2.01. The number of halogens is 2. The highest BCUT2D eigenvalue weighted by Gasteiger charge is 2.17. The van der Waals surface area contributed by atoms with Crippen LogP contribution in [0.3, 0.4) is 0 Å². The molecule has 0 aliphatic rings. The fourth-order valence-corrected chi connectivity index (χ4v) is 2.84. The lowest BCUT2D eigenvalue weighted by Gasteiger charge is -2.16.